The first-order valence-electron chi connectivity index (χ1n) is 6.46. The van der Waals surface area contributed by atoms with Crippen LogP contribution in [0.2, 0.25) is 0 Å². The predicted molar refractivity (Wildman–Crippen MR) is 76.9 cm³/mol. The van der Waals surface area contributed by atoms with Crippen molar-refractivity contribution in [3.63, 3.8) is 0 Å². The second kappa shape index (κ2) is 6.14. The molecule has 0 bridgehead atoms. The molecule has 104 valence electrons. The number of hydrogen-bond acceptors (Lipinski definition) is 4. The molecule has 0 saturated heterocycles. The maximum Gasteiger partial charge on any atom is 0.339 e. The Morgan fingerprint density at radius 3 is 2.75 bits per heavy atom. The number of nitrogens with zero attached hydrogens (tertiary/aromatic N) is 3. The van der Waals surface area contributed by atoms with Crippen molar-refractivity contribution in [1.29, 1.82) is 0 Å². The number of aryl methyl sites for hydroxylation is 1. The van der Waals surface area contributed by atoms with Crippen molar-refractivity contribution in [1.82, 2.24) is 9.97 Å². The zero-order valence-corrected chi connectivity index (χ0v) is 11.6. The monoisotopic (exact) mass is 271 g/mol. The van der Waals surface area contributed by atoms with E-state index in [9.17, 15) is 9.90 Å². The number of rotatable bonds is 5. The molecule has 0 spiro atoms. The number of carboxylic acids is 1. The Balaban J connectivity index is 2.36. The van der Waals surface area contributed by atoms with E-state index in [0.717, 1.165) is 11.4 Å². The summed E-state index contributed by atoms with van der Waals surface area (Å²) in [7, 11) is 0. The topological polar surface area (TPSA) is 66.3 Å². The fourth-order valence-corrected chi connectivity index (χ4v) is 2.03. The van der Waals surface area contributed by atoms with Gasteiger partial charge in [-0.3, -0.25) is 9.97 Å². The quantitative estimate of drug-likeness (QED) is 0.905. The number of anilines is 1. The molecule has 2 aromatic rings. The van der Waals surface area contributed by atoms with Crippen molar-refractivity contribution < 1.29 is 9.90 Å². The summed E-state index contributed by atoms with van der Waals surface area (Å²) in [5.74, 6) is -0.966. The minimum Gasteiger partial charge on any atom is -0.478 e. The standard InChI is InChI=1S/C15H17N3O2/c1-3-18(10-12-6-4-5-7-16-12)14-8-11(2)17-9-13(14)15(19)20/h4-9H,3,10H2,1-2H3,(H,19,20). The van der Waals surface area contributed by atoms with Gasteiger partial charge in [0.05, 0.1) is 17.9 Å². The van der Waals surface area contributed by atoms with E-state index in [1.165, 1.54) is 6.20 Å². The van der Waals surface area contributed by atoms with E-state index >= 15 is 0 Å². The third-order valence-electron chi connectivity index (χ3n) is 3.05. The van der Waals surface area contributed by atoms with Crippen molar-refractivity contribution in [3.05, 3.63) is 53.6 Å². The molecule has 5 nitrogen and oxygen atoms in total. The van der Waals surface area contributed by atoms with Gasteiger partial charge in [-0.25, -0.2) is 4.79 Å². The predicted octanol–water partition coefficient (Wildman–Crippen LogP) is 2.51. The molecule has 0 aliphatic carbocycles. The molecule has 1 N–H and O–H groups in total. The van der Waals surface area contributed by atoms with Gasteiger partial charge in [0, 0.05) is 24.6 Å². The third-order valence-corrected chi connectivity index (χ3v) is 3.05. The lowest BCUT2D eigenvalue weighted by Crippen LogP contribution is -2.25. The van der Waals surface area contributed by atoms with Gasteiger partial charge in [0.1, 0.15) is 5.56 Å². The Kier molecular flexibility index (Phi) is 4.30. The van der Waals surface area contributed by atoms with Crippen molar-refractivity contribution in [2.24, 2.45) is 0 Å². The summed E-state index contributed by atoms with van der Waals surface area (Å²) in [6.07, 6.45) is 3.15. The average molecular weight is 271 g/mol. The van der Waals surface area contributed by atoms with Crippen LogP contribution in [-0.4, -0.2) is 27.6 Å². The summed E-state index contributed by atoms with van der Waals surface area (Å²) >= 11 is 0. The fraction of sp³-hybridized carbons (Fsp3) is 0.267. The van der Waals surface area contributed by atoms with Gasteiger partial charge in [-0.15, -0.1) is 0 Å². The van der Waals surface area contributed by atoms with Crippen LogP contribution >= 0.6 is 0 Å². The molecular weight excluding hydrogens is 254 g/mol. The molecule has 0 aliphatic rings. The Morgan fingerprint density at radius 2 is 2.15 bits per heavy atom. The van der Waals surface area contributed by atoms with E-state index in [1.54, 1.807) is 12.3 Å². The number of aromatic nitrogens is 2. The molecule has 0 amide bonds. The van der Waals surface area contributed by atoms with E-state index < -0.39 is 5.97 Å². The van der Waals surface area contributed by atoms with Crippen LogP contribution in [0.25, 0.3) is 0 Å². The van der Waals surface area contributed by atoms with Gasteiger partial charge in [-0.05, 0) is 32.0 Å². The Hall–Kier alpha value is -2.43. The van der Waals surface area contributed by atoms with Crippen LogP contribution < -0.4 is 4.90 Å². The highest BCUT2D eigenvalue weighted by molar-refractivity contribution is 5.94. The zero-order valence-electron chi connectivity index (χ0n) is 11.6. The number of pyridine rings is 2. The summed E-state index contributed by atoms with van der Waals surface area (Å²) in [5, 5.41) is 9.28. The lowest BCUT2D eigenvalue weighted by molar-refractivity contribution is 0.0697. The van der Waals surface area contributed by atoms with E-state index in [-0.39, 0.29) is 5.56 Å². The average Bonchev–Trinajstić information content (AvgIpc) is 2.45. The second-order valence-corrected chi connectivity index (χ2v) is 4.48. The number of aromatic carboxylic acids is 1. The SMILES string of the molecule is CCN(Cc1ccccn1)c1cc(C)ncc1C(=O)O. The lowest BCUT2D eigenvalue weighted by Gasteiger charge is -2.24. The zero-order chi connectivity index (χ0) is 14.5. The normalized spacial score (nSPS) is 10.3. The highest BCUT2D eigenvalue weighted by Gasteiger charge is 2.16. The van der Waals surface area contributed by atoms with Crippen LogP contribution in [0.3, 0.4) is 0 Å². The molecule has 0 fully saturated rings. The van der Waals surface area contributed by atoms with Gasteiger partial charge in [0.25, 0.3) is 0 Å². The molecule has 20 heavy (non-hydrogen) atoms. The summed E-state index contributed by atoms with van der Waals surface area (Å²) in [5.41, 5.74) is 2.59. The molecule has 5 heteroatoms. The van der Waals surface area contributed by atoms with Gasteiger partial charge in [0.2, 0.25) is 0 Å². The fourth-order valence-electron chi connectivity index (χ4n) is 2.03. The van der Waals surface area contributed by atoms with Crippen LogP contribution in [-0.2, 0) is 6.54 Å². The smallest absolute Gasteiger partial charge is 0.339 e. The van der Waals surface area contributed by atoms with Crippen LogP contribution in [0, 0.1) is 6.92 Å². The largest absolute Gasteiger partial charge is 0.478 e. The van der Waals surface area contributed by atoms with E-state index in [0.29, 0.717) is 18.8 Å². The molecule has 0 aromatic carbocycles. The molecule has 0 unspecified atom stereocenters. The minimum absolute atomic E-state index is 0.216. The van der Waals surface area contributed by atoms with Crippen LogP contribution in [0.5, 0.6) is 0 Å². The van der Waals surface area contributed by atoms with Gasteiger partial charge < -0.3 is 10.0 Å². The van der Waals surface area contributed by atoms with Crippen LogP contribution in [0.4, 0.5) is 5.69 Å². The van der Waals surface area contributed by atoms with Crippen molar-refractivity contribution in [3.8, 4) is 0 Å². The number of carboxylic acid groups (broad SMARTS) is 1. The van der Waals surface area contributed by atoms with Gasteiger partial charge in [-0.1, -0.05) is 6.07 Å². The van der Waals surface area contributed by atoms with Crippen molar-refractivity contribution >= 4 is 11.7 Å². The first-order chi connectivity index (χ1) is 9.61. The summed E-state index contributed by atoms with van der Waals surface area (Å²) in [6, 6.07) is 7.51. The van der Waals surface area contributed by atoms with E-state index in [1.807, 2.05) is 36.9 Å². The lowest BCUT2D eigenvalue weighted by atomic mass is 10.1. The van der Waals surface area contributed by atoms with Crippen LogP contribution in [0.1, 0.15) is 28.7 Å². The molecule has 2 heterocycles. The molecule has 2 rings (SSSR count). The molecule has 0 radical (unpaired) electrons. The van der Waals surface area contributed by atoms with Crippen molar-refractivity contribution in [2.45, 2.75) is 20.4 Å². The van der Waals surface area contributed by atoms with Crippen LogP contribution in [0.15, 0.2) is 36.7 Å². The Bertz CT molecular complexity index is 599. The Labute approximate surface area is 117 Å². The second-order valence-electron chi connectivity index (χ2n) is 4.48. The molecule has 0 aliphatic heterocycles. The molecule has 0 atom stereocenters. The first kappa shape index (κ1) is 14.0. The Morgan fingerprint density at radius 1 is 1.35 bits per heavy atom. The van der Waals surface area contributed by atoms with E-state index in [2.05, 4.69) is 9.97 Å². The summed E-state index contributed by atoms with van der Waals surface area (Å²) in [4.78, 5) is 21.7. The minimum atomic E-state index is -0.966. The van der Waals surface area contributed by atoms with E-state index in [4.69, 9.17) is 0 Å². The molecule has 2 aromatic heterocycles. The summed E-state index contributed by atoms with van der Waals surface area (Å²) < 4.78 is 0. The van der Waals surface area contributed by atoms with Gasteiger partial charge >= 0.3 is 5.97 Å². The van der Waals surface area contributed by atoms with Gasteiger partial charge in [-0.2, -0.15) is 0 Å². The summed E-state index contributed by atoms with van der Waals surface area (Å²) in [6.45, 7) is 5.11. The first-order valence-corrected chi connectivity index (χ1v) is 6.46. The molecular formula is C15H17N3O2. The maximum atomic E-state index is 11.3. The highest BCUT2D eigenvalue weighted by Crippen LogP contribution is 2.22. The molecule has 0 saturated carbocycles. The van der Waals surface area contributed by atoms with Gasteiger partial charge in [0.15, 0.2) is 0 Å². The number of hydrogen-bond donors (Lipinski definition) is 1. The third kappa shape index (κ3) is 3.12. The van der Waals surface area contributed by atoms with Crippen molar-refractivity contribution in [2.75, 3.05) is 11.4 Å². The highest BCUT2D eigenvalue weighted by atomic mass is 16.4. The maximum absolute atomic E-state index is 11.3. The number of carbonyl (C=O) groups is 1.